The van der Waals surface area contributed by atoms with Crippen molar-refractivity contribution in [2.45, 2.75) is 181 Å². The predicted octanol–water partition coefficient (Wildman–Crippen LogP) is 12.2. The van der Waals surface area contributed by atoms with Gasteiger partial charge in [0, 0.05) is 25.5 Å². The number of aromatic nitrogens is 5. The van der Waals surface area contributed by atoms with Crippen LogP contribution in [0, 0.1) is 0 Å². The van der Waals surface area contributed by atoms with E-state index in [0.29, 0.717) is 0 Å². The minimum Gasteiger partial charge on any atom is -0.272 e. The molecule has 0 aliphatic rings. The third-order valence-electron chi connectivity index (χ3n) is 9.04. The highest BCUT2D eigenvalue weighted by molar-refractivity contribution is 5.61. The van der Waals surface area contributed by atoms with Crippen molar-refractivity contribution >= 4 is 0 Å². The number of nitrogens with zero attached hydrogens (tertiary/aromatic N) is 5. The summed E-state index contributed by atoms with van der Waals surface area (Å²) in [5.74, 6) is 0. The van der Waals surface area contributed by atoms with Gasteiger partial charge in [0.2, 0.25) is 0 Å². The van der Waals surface area contributed by atoms with Gasteiger partial charge in [0.15, 0.2) is 0 Å². The summed E-state index contributed by atoms with van der Waals surface area (Å²) in [7, 11) is 0. The van der Waals surface area contributed by atoms with E-state index in [0.717, 1.165) is 35.9 Å². The van der Waals surface area contributed by atoms with E-state index in [-0.39, 0.29) is 0 Å². The molecule has 3 aromatic heterocycles. The quantitative estimate of drug-likeness (QED) is 0.0776. The lowest BCUT2D eigenvalue weighted by Gasteiger charge is -2.04. The fourth-order valence-electron chi connectivity index (χ4n) is 6.20. The van der Waals surface area contributed by atoms with Crippen LogP contribution in [0.5, 0.6) is 0 Å². The van der Waals surface area contributed by atoms with Gasteiger partial charge >= 0.3 is 0 Å². The molecule has 0 fully saturated rings. The average Bonchev–Trinajstić information content (AvgIpc) is 3.73. The molecule has 5 heteroatoms. The Labute approximate surface area is 270 Å². The van der Waals surface area contributed by atoms with Crippen LogP contribution in [0.4, 0.5) is 0 Å². The fraction of sp³-hybridized carbons (Fsp3) is 0.718. The van der Waals surface area contributed by atoms with E-state index >= 15 is 0 Å². The third-order valence-corrected chi connectivity index (χ3v) is 9.04. The second-order valence-corrected chi connectivity index (χ2v) is 13.1. The van der Waals surface area contributed by atoms with Crippen LogP contribution in [0.25, 0.3) is 22.8 Å². The standard InChI is InChI=1S/C39H65N5/c1-3-5-7-9-11-13-15-17-19-21-23-25-32-43-34-30-38(41-43)36-28-27-29-37(40-36)39-31-35-44(42-39)33-26-24-22-20-18-16-14-12-10-8-6-4-2/h27-31,34-35H,3-26,32-33H2,1-2H3. The lowest BCUT2D eigenvalue weighted by Crippen LogP contribution is -2.00. The molecule has 3 aromatic rings. The van der Waals surface area contributed by atoms with Crippen LogP contribution in [0.1, 0.15) is 168 Å². The highest BCUT2D eigenvalue weighted by atomic mass is 15.3. The first-order valence-electron chi connectivity index (χ1n) is 18.8. The molecule has 246 valence electrons. The van der Waals surface area contributed by atoms with E-state index in [1.54, 1.807) is 0 Å². The first kappa shape index (κ1) is 36.0. The van der Waals surface area contributed by atoms with Crippen LogP contribution in [-0.4, -0.2) is 24.5 Å². The van der Waals surface area contributed by atoms with Crippen LogP contribution in [-0.2, 0) is 13.1 Å². The van der Waals surface area contributed by atoms with E-state index in [1.165, 1.54) is 154 Å². The Balaban J connectivity index is 1.27. The number of aryl methyl sites for hydroxylation is 2. The molecule has 0 bridgehead atoms. The predicted molar refractivity (Wildman–Crippen MR) is 189 cm³/mol. The van der Waals surface area contributed by atoms with Crippen LogP contribution >= 0.6 is 0 Å². The van der Waals surface area contributed by atoms with Gasteiger partial charge in [-0.15, -0.1) is 0 Å². The molecular weight excluding hydrogens is 538 g/mol. The van der Waals surface area contributed by atoms with Gasteiger partial charge < -0.3 is 0 Å². The van der Waals surface area contributed by atoms with Crippen LogP contribution < -0.4 is 0 Å². The summed E-state index contributed by atoms with van der Waals surface area (Å²) in [6.45, 7) is 6.55. The molecule has 0 aromatic carbocycles. The molecule has 0 aliphatic carbocycles. The zero-order valence-electron chi connectivity index (χ0n) is 28.7. The average molecular weight is 604 g/mol. The zero-order chi connectivity index (χ0) is 30.9. The molecule has 0 atom stereocenters. The molecule has 0 saturated heterocycles. The van der Waals surface area contributed by atoms with Gasteiger partial charge in [-0.25, -0.2) is 4.98 Å². The fourth-order valence-corrected chi connectivity index (χ4v) is 6.20. The largest absolute Gasteiger partial charge is 0.272 e. The first-order valence-corrected chi connectivity index (χ1v) is 18.8. The van der Waals surface area contributed by atoms with Crippen molar-refractivity contribution in [1.29, 1.82) is 0 Å². The van der Waals surface area contributed by atoms with Crippen molar-refractivity contribution in [3.8, 4) is 22.8 Å². The lowest BCUT2D eigenvalue weighted by atomic mass is 10.1. The number of pyridine rings is 1. The van der Waals surface area contributed by atoms with E-state index in [4.69, 9.17) is 15.2 Å². The minimum atomic E-state index is 0.923. The molecule has 0 N–H and O–H groups in total. The lowest BCUT2D eigenvalue weighted by molar-refractivity contribution is 0.513. The van der Waals surface area contributed by atoms with Crippen molar-refractivity contribution < 1.29 is 0 Å². The second kappa shape index (κ2) is 23.9. The molecule has 3 rings (SSSR count). The topological polar surface area (TPSA) is 48.5 Å². The molecule has 0 aliphatic heterocycles. The molecule has 0 spiro atoms. The smallest absolute Gasteiger partial charge is 0.111 e. The van der Waals surface area contributed by atoms with Crippen molar-refractivity contribution in [1.82, 2.24) is 24.5 Å². The van der Waals surface area contributed by atoms with Crippen molar-refractivity contribution in [3.63, 3.8) is 0 Å². The Kier molecular flexibility index (Phi) is 19.6. The summed E-state index contributed by atoms with van der Waals surface area (Å²) in [5, 5.41) is 9.67. The monoisotopic (exact) mass is 604 g/mol. The Morgan fingerprint density at radius 3 is 1.05 bits per heavy atom. The van der Waals surface area contributed by atoms with Gasteiger partial charge in [0.25, 0.3) is 0 Å². The van der Waals surface area contributed by atoms with Gasteiger partial charge in [-0.1, -0.05) is 161 Å². The third kappa shape index (κ3) is 15.5. The molecule has 0 amide bonds. The summed E-state index contributed by atoms with van der Waals surface area (Å²) in [5.41, 5.74) is 3.74. The Bertz CT molecular complexity index is 1000. The van der Waals surface area contributed by atoms with Crippen molar-refractivity contribution in [3.05, 3.63) is 42.7 Å². The van der Waals surface area contributed by atoms with Gasteiger partial charge in [-0.05, 0) is 37.1 Å². The van der Waals surface area contributed by atoms with E-state index < -0.39 is 0 Å². The molecule has 5 nitrogen and oxygen atoms in total. The number of hydrogen-bond donors (Lipinski definition) is 0. The Morgan fingerprint density at radius 2 is 0.705 bits per heavy atom. The van der Waals surface area contributed by atoms with E-state index in [9.17, 15) is 0 Å². The van der Waals surface area contributed by atoms with Gasteiger partial charge in [-0.3, -0.25) is 9.36 Å². The SMILES string of the molecule is CCCCCCCCCCCCCCn1ccc(-c2cccc(-c3ccn(CCCCCCCCCCCCCC)n3)n2)n1. The highest BCUT2D eigenvalue weighted by Crippen LogP contribution is 2.21. The second-order valence-electron chi connectivity index (χ2n) is 13.1. The van der Waals surface area contributed by atoms with Gasteiger partial charge in [0.05, 0.1) is 11.4 Å². The van der Waals surface area contributed by atoms with Gasteiger partial charge in [-0.2, -0.15) is 10.2 Å². The van der Waals surface area contributed by atoms with Crippen LogP contribution in [0.3, 0.4) is 0 Å². The molecule has 0 radical (unpaired) electrons. The van der Waals surface area contributed by atoms with Crippen molar-refractivity contribution in [2.24, 2.45) is 0 Å². The first-order chi connectivity index (χ1) is 21.8. The molecule has 3 heterocycles. The summed E-state index contributed by atoms with van der Waals surface area (Å²) in [6.07, 6.45) is 37.2. The Morgan fingerprint density at radius 1 is 0.386 bits per heavy atom. The molecule has 0 saturated carbocycles. The molecule has 44 heavy (non-hydrogen) atoms. The number of rotatable bonds is 28. The summed E-state index contributed by atoms with van der Waals surface area (Å²) < 4.78 is 4.17. The number of hydrogen-bond acceptors (Lipinski definition) is 3. The normalized spacial score (nSPS) is 11.5. The van der Waals surface area contributed by atoms with E-state index in [1.807, 2.05) is 0 Å². The summed E-state index contributed by atoms with van der Waals surface area (Å²) in [4.78, 5) is 4.92. The molecular formula is C39H65N5. The highest BCUT2D eigenvalue weighted by Gasteiger charge is 2.09. The zero-order valence-corrected chi connectivity index (χ0v) is 28.7. The maximum atomic E-state index is 4.92. The maximum absolute atomic E-state index is 4.92. The van der Waals surface area contributed by atoms with Gasteiger partial charge in [0.1, 0.15) is 11.4 Å². The summed E-state index contributed by atoms with van der Waals surface area (Å²) in [6, 6.07) is 10.4. The maximum Gasteiger partial charge on any atom is 0.111 e. The number of unbranched alkanes of at least 4 members (excludes halogenated alkanes) is 22. The van der Waals surface area contributed by atoms with Crippen molar-refractivity contribution in [2.75, 3.05) is 0 Å². The minimum absolute atomic E-state index is 0.923. The summed E-state index contributed by atoms with van der Waals surface area (Å²) >= 11 is 0. The van der Waals surface area contributed by atoms with Crippen LogP contribution in [0.2, 0.25) is 0 Å². The molecule has 0 unspecified atom stereocenters. The Hall–Kier alpha value is -2.43. The van der Waals surface area contributed by atoms with Crippen LogP contribution in [0.15, 0.2) is 42.7 Å². The van der Waals surface area contributed by atoms with E-state index in [2.05, 4.69) is 65.9 Å².